The number of hydrogen-bond donors (Lipinski definition) is 0. The molecular formula is C44H89NO4Si. The van der Waals surface area contributed by atoms with Gasteiger partial charge in [-0.1, -0.05) is 212 Å². The molecule has 5 nitrogen and oxygen atoms in total. The van der Waals surface area contributed by atoms with Crippen molar-refractivity contribution < 1.29 is 18.1 Å². The molecule has 50 heavy (non-hydrogen) atoms. The van der Waals surface area contributed by atoms with Gasteiger partial charge in [-0.05, 0) is 33.6 Å². The van der Waals surface area contributed by atoms with Gasteiger partial charge in [0.05, 0.1) is 6.54 Å². The standard InChI is InChI=1S/C44H89NO4Si/c1-4-47-50(48-5-2,49-6-3)43-41-39-37-35-33-31-29-27-25-23-21-19-17-15-13-11-9-7-8-10-12-14-16-18-20-22-24-26-28-30-32-34-36-38-40-42-45-44-46/h4-43H2,1-3H3. The van der Waals surface area contributed by atoms with Gasteiger partial charge in [-0.25, -0.2) is 9.79 Å². The summed E-state index contributed by atoms with van der Waals surface area (Å²) in [4.78, 5) is 13.6. The first kappa shape index (κ1) is 49.5. The monoisotopic (exact) mass is 724 g/mol. The zero-order chi connectivity index (χ0) is 36.3. The van der Waals surface area contributed by atoms with Crippen molar-refractivity contribution in [1.29, 1.82) is 0 Å². The maximum atomic E-state index is 10.0. The van der Waals surface area contributed by atoms with Crippen molar-refractivity contribution in [1.82, 2.24) is 0 Å². The normalized spacial score (nSPS) is 11.7. The molecule has 0 aromatic heterocycles. The van der Waals surface area contributed by atoms with E-state index in [-0.39, 0.29) is 0 Å². The van der Waals surface area contributed by atoms with Crippen LogP contribution in [-0.4, -0.2) is 41.2 Å². The van der Waals surface area contributed by atoms with Crippen LogP contribution in [-0.2, 0) is 18.1 Å². The quantitative estimate of drug-likeness (QED) is 0.0272. The molecule has 298 valence electrons. The molecule has 0 atom stereocenters. The van der Waals surface area contributed by atoms with Crippen LogP contribution in [0.4, 0.5) is 0 Å². The van der Waals surface area contributed by atoms with E-state index in [4.69, 9.17) is 13.3 Å². The van der Waals surface area contributed by atoms with Crippen LogP contribution in [0.5, 0.6) is 0 Å². The molecule has 0 aliphatic rings. The van der Waals surface area contributed by atoms with Crippen molar-refractivity contribution >= 4 is 14.9 Å². The molecule has 0 saturated heterocycles. The Labute approximate surface area is 315 Å². The lowest BCUT2D eigenvalue weighted by Gasteiger charge is -2.28. The number of aliphatic imine (C=N–C) groups is 1. The Morgan fingerprint density at radius 3 is 0.740 bits per heavy atom. The molecule has 0 unspecified atom stereocenters. The maximum Gasteiger partial charge on any atom is 0.500 e. The summed E-state index contributed by atoms with van der Waals surface area (Å²) in [7, 11) is -2.43. The van der Waals surface area contributed by atoms with Gasteiger partial charge in [-0.2, -0.15) is 0 Å². The van der Waals surface area contributed by atoms with Crippen molar-refractivity contribution in [3.8, 4) is 0 Å². The fourth-order valence-corrected chi connectivity index (χ4v) is 10.1. The minimum Gasteiger partial charge on any atom is -0.374 e. The molecule has 0 aromatic rings. The van der Waals surface area contributed by atoms with Crippen LogP contribution in [0.3, 0.4) is 0 Å². The third-order valence-corrected chi connectivity index (χ3v) is 13.6. The van der Waals surface area contributed by atoms with Crippen LogP contribution >= 0.6 is 0 Å². The van der Waals surface area contributed by atoms with E-state index < -0.39 is 8.80 Å². The van der Waals surface area contributed by atoms with Crippen molar-refractivity contribution in [2.75, 3.05) is 26.4 Å². The highest BCUT2D eigenvalue weighted by Gasteiger charge is 2.39. The first-order valence-corrected chi connectivity index (χ1v) is 24.6. The van der Waals surface area contributed by atoms with Gasteiger partial charge >= 0.3 is 8.80 Å². The summed E-state index contributed by atoms with van der Waals surface area (Å²) in [5, 5.41) is 0. The Kier molecular flexibility index (Phi) is 42.4. The first-order chi connectivity index (χ1) is 24.7. The van der Waals surface area contributed by atoms with Crippen LogP contribution in [0.2, 0.25) is 6.04 Å². The second-order valence-corrected chi connectivity index (χ2v) is 17.8. The lowest BCUT2D eigenvalue weighted by molar-refractivity contribution is 0.0706. The van der Waals surface area contributed by atoms with E-state index in [1.165, 1.54) is 218 Å². The molecule has 0 aromatic carbocycles. The zero-order valence-electron chi connectivity index (χ0n) is 34.4. The van der Waals surface area contributed by atoms with E-state index >= 15 is 0 Å². The van der Waals surface area contributed by atoms with E-state index in [0.29, 0.717) is 26.4 Å². The molecule has 0 radical (unpaired) electrons. The summed E-state index contributed by atoms with van der Waals surface area (Å²) in [5.74, 6) is 0. The summed E-state index contributed by atoms with van der Waals surface area (Å²) in [6.07, 6.45) is 50.7. The minimum atomic E-state index is -2.43. The molecule has 0 amide bonds. The number of rotatable bonds is 44. The Morgan fingerprint density at radius 2 is 0.540 bits per heavy atom. The maximum absolute atomic E-state index is 10.0. The number of nitrogens with zero attached hydrogens (tertiary/aromatic N) is 1. The number of hydrogen-bond acceptors (Lipinski definition) is 5. The van der Waals surface area contributed by atoms with Gasteiger partial charge in [-0.15, -0.1) is 0 Å². The average Bonchev–Trinajstić information content (AvgIpc) is 3.11. The van der Waals surface area contributed by atoms with E-state index in [9.17, 15) is 4.79 Å². The van der Waals surface area contributed by atoms with Crippen LogP contribution in [0.1, 0.15) is 245 Å². The number of carbonyl (C=O) groups excluding carboxylic acids is 1. The molecule has 0 heterocycles. The molecule has 0 spiro atoms. The molecule has 0 N–H and O–H groups in total. The van der Waals surface area contributed by atoms with Crippen molar-refractivity contribution in [2.45, 2.75) is 252 Å². The van der Waals surface area contributed by atoms with Crippen molar-refractivity contribution in [3.05, 3.63) is 0 Å². The molecule has 0 bridgehead atoms. The number of isocyanates is 1. The van der Waals surface area contributed by atoms with Crippen molar-refractivity contribution in [3.63, 3.8) is 0 Å². The highest BCUT2D eigenvalue weighted by molar-refractivity contribution is 6.60. The predicted octanol–water partition coefficient (Wildman–Crippen LogP) is 15.0. The van der Waals surface area contributed by atoms with Gasteiger partial charge in [0, 0.05) is 25.9 Å². The van der Waals surface area contributed by atoms with Crippen LogP contribution in [0, 0.1) is 0 Å². The van der Waals surface area contributed by atoms with Gasteiger partial charge in [0.1, 0.15) is 0 Å². The van der Waals surface area contributed by atoms with E-state index in [1.54, 1.807) is 6.08 Å². The molecule has 0 aliphatic carbocycles. The molecule has 0 fully saturated rings. The molecule has 0 rings (SSSR count). The fraction of sp³-hybridized carbons (Fsp3) is 0.977. The second-order valence-electron chi connectivity index (χ2n) is 15.1. The Balaban J connectivity index is 3.20. The predicted molar refractivity (Wildman–Crippen MR) is 220 cm³/mol. The van der Waals surface area contributed by atoms with Crippen LogP contribution < -0.4 is 0 Å². The SMILES string of the molecule is CCO[Si](CCCCCCCCCCCCCCCCCCCCCCCCCCCCCCCCCCCCCN=C=O)(OCC)OCC. The highest BCUT2D eigenvalue weighted by Crippen LogP contribution is 2.21. The zero-order valence-corrected chi connectivity index (χ0v) is 35.4. The van der Waals surface area contributed by atoms with Crippen LogP contribution in [0.25, 0.3) is 0 Å². The molecule has 6 heteroatoms. The summed E-state index contributed by atoms with van der Waals surface area (Å²) >= 11 is 0. The Morgan fingerprint density at radius 1 is 0.340 bits per heavy atom. The average molecular weight is 724 g/mol. The number of unbranched alkanes of at least 4 members (excludes halogenated alkanes) is 34. The van der Waals surface area contributed by atoms with E-state index in [0.717, 1.165) is 12.5 Å². The third-order valence-electron chi connectivity index (χ3n) is 10.4. The van der Waals surface area contributed by atoms with Gasteiger partial charge in [0.25, 0.3) is 0 Å². The Hall–Kier alpha value is -0.523. The first-order valence-electron chi connectivity index (χ1n) is 22.7. The minimum absolute atomic E-state index is 0.666. The largest absolute Gasteiger partial charge is 0.500 e. The fourth-order valence-electron chi connectivity index (χ4n) is 7.41. The smallest absolute Gasteiger partial charge is 0.374 e. The lowest BCUT2D eigenvalue weighted by Crippen LogP contribution is -2.45. The van der Waals surface area contributed by atoms with Gasteiger partial charge < -0.3 is 13.3 Å². The lowest BCUT2D eigenvalue weighted by atomic mass is 10.0. The molecular weight excluding hydrogens is 635 g/mol. The summed E-state index contributed by atoms with van der Waals surface area (Å²) < 4.78 is 17.9. The topological polar surface area (TPSA) is 57.1 Å². The summed E-state index contributed by atoms with van der Waals surface area (Å²) in [5.41, 5.74) is 0. The molecule has 0 aliphatic heterocycles. The highest BCUT2D eigenvalue weighted by atomic mass is 28.4. The van der Waals surface area contributed by atoms with Crippen molar-refractivity contribution in [2.24, 2.45) is 4.99 Å². The van der Waals surface area contributed by atoms with Crippen LogP contribution in [0.15, 0.2) is 4.99 Å². The third kappa shape index (κ3) is 37.2. The van der Waals surface area contributed by atoms with Gasteiger partial charge in [0.15, 0.2) is 0 Å². The second kappa shape index (κ2) is 42.9. The van der Waals surface area contributed by atoms with E-state index in [1.807, 2.05) is 20.8 Å². The summed E-state index contributed by atoms with van der Waals surface area (Å²) in [6, 6.07) is 0.970. The van der Waals surface area contributed by atoms with Gasteiger partial charge in [-0.3, -0.25) is 0 Å². The van der Waals surface area contributed by atoms with E-state index in [2.05, 4.69) is 4.99 Å². The van der Waals surface area contributed by atoms with Gasteiger partial charge in [0.2, 0.25) is 6.08 Å². The summed E-state index contributed by atoms with van der Waals surface area (Å²) in [6.45, 7) is 8.84. The Bertz CT molecular complexity index is 670. The molecule has 0 saturated carbocycles.